The molecule has 0 aliphatic rings. The van der Waals surface area contributed by atoms with Crippen LogP contribution in [0.3, 0.4) is 0 Å². The number of nitrogens with one attached hydrogen (secondary N) is 1. The number of nitrogens with zero attached hydrogens (tertiary/aromatic N) is 1. The largest absolute Gasteiger partial charge is 0.449 e. The smallest absolute Gasteiger partial charge is 0.340 e. The Balaban J connectivity index is 1.96. The van der Waals surface area contributed by atoms with Crippen LogP contribution in [0.1, 0.15) is 22.8 Å². The summed E-state index contributed by atoms with van der Waals surface area (Å²) in [5.41, 5.74) is 2.03. The summed E-state index contributed by atoms with van der Waals surface area (Å²) in [7, 11) is 0. The first-order chi connectivity index (χ1) is 10.5. The molecule has 1 amide bonds. The number of hydrogen-bond donors (Lipinski definition) is 1. The van der Waals surface area contributed by atoms with Crippen LogP contribution in [0.25, 0.3) is 0 Å². The molecule has 114 valence electrons. The summed E-state index contributed by atoms with van der Waals surface area (Å²) in [6, 6.07) is 8.94. The van der Waals surface area contributed by atoms with Crippen molar-refractivity contribution in [1.29, 1.82) is 0 Å². The number of hydrogen-bond acceptors (Lipinski definition) is 4. The Labute approximate surface area is 136 Å². The molecule has 5 nitrogen and oxygen atoms in total. The highest BCUT2D eigenvalue weighted by Gasteiger charge is 2.19. The maximum atomic E-state index is 12.0. The summed E-state index contributed by atoms with van der Waals surface area (Å²) >= 11 is 3.23. The van der Waals surface area contributed by atoms with Gasteiger partial charge in [0.15, 0.2) is 6.10 Å². The van der Waals surface area contributed by atoms with E-state index in [0.717, 1.165) is 5.56 Å². The minimum Gasteiger partial charge on any atom is -0.449 e. The third-order valence-corrected chi connectivity index (χ3v) is 3.35. The average Bonchev–Trinajstić information content (AvgIpc) is 2.49. The summed E-state index contributed by atoms with van der Waals surface area (Å²) < 4.78 is 5.80. The standard InChI is InChI=1S/C16H15BrN2O3/c1-10-3-5-14(6-4-10)19-15(20)11(2)22-16(21)12-7-13(17)9-18-8-12/h3-9,11H,1-2H3,(H,19,20)/t11-/m0/s1. The van der Waals surface area contributed by atoms with Gasteiger partial charge in [0.1, 0.15) is 0 Å². The van der Waals surface area contributed by atoms with Crippen LogP contribution in [0.15, 0.2) is 47.2 Å². The lowest BCUT2D eigenvalue weighted by Gasteiger charge is -2.13. The Kier molecular flexibility index (Phi) is 5.27. The van der Waals surface area contributed by atoms with E-state index in [-0.39, 0.29) is 11.5 Å². The quantitative estimate of drug-likeness (QED) is 0.846. The van der Waals surface area contributed by atoms with E-state index in [1.807, 2.05) is 19.1 Å². The van der Waals surface area contributed by atoms with Crippen molar-refractivity contribution in [3.8, 4) is 0 Å². The van der Waals surface area contributed by atoms with Crippen LogP contribution in [0.2, 0.25) is 0 Å². The number of carbonyl (C=O) groups is 2. The van der Waals surface area contributed by atoms with Gasteiger partial charge in [0, 0.05) is 22.6 Å². The van der Waals surface area contributed by atoms with Crippen LogP contribution in [0.5, 0.6) is 0 Å². The SMILES string of the molecule is Cc1ccc(NC(=O)[C@H](C)OC(=O)c2cncc(Br)c2)cc1. The molecule has 6 heteroatoms. The van der Waals surface area contributed by atoms with E-state index in [1.165, 1.54) is 13.1 Å². The molecule has 0 aliphatic heterocycles. The van der Waals surface area contributed by atoms with E-state index < -0.39 is 12.1 Å². The van der Waals surface area contributed by atoms with Crippen molar-refractivity contribution in [3.63, 3.8) is 0 Å². The molecule has 0 saturated heterocycles. The van der Waals surface area contributed by atoms with Crippen LogP contribution in [-0.4, -0.2) is 23.0 Å². The predicted molar refractivity (Wildman–Crippen MR) is 86.6 cm³/mol. The van der Waals surface area contributed by atoms with Gasteiger partial charge in [-0.05, 0) is 48.0 Å². The van der Waals surface area contributed by atoms with Gasteiger partial charge < -0.3 is 10.1 Å². The summed E-state index contributed by atoms with van der Waals surface area (Å²) in [6.07, 6.45) is 2.04. The Morgan fingerprint density at radius 1 is 1.23 bits per heavy atom. The number of anilines is 1. The zero-order valence-electron chi connectivity index (χ0n) is 12.2. The minimum atomic E-state index is -0.909. The Bertz CT molecular complexity index is 686. The minimum absolute atomic E-state index is 0.282. The molecule has 1 N–H and O–H groups in total. The monoisotopic (exact) mass is 362 g/mol. The van der Waals surface area contributed by atoms with Crippen molar-refractivity contribution in [2.75, 3.05) is 5.32 Å². The molecule has 0 spiro atoms. The van der Waals surface area contributed by atoms with Crippen molar-refractivity contribution in [2.45, 2.75) is 20.0 Å². The van der Waals surface area contributed by atoms with E-state index in [1.54, 1.807) is 24.4 Å². The van der Waals surface area contributed by atoms with Crippen LogP contribution in [-0.2, 0) is 9.53 Å². The number of aromatic nitrogens is 1. The summed E-state index contributed by atoms with van der Waals surface area (Å²) in [6.45, 7) is 3.48. The number of pyridine rings is 1. The number of aryl methyl sites for hydroxylation is 1. The third-order valence-electron chi connectivity index (χ3n) is 2.91. The third kappa shape index (κ3) is 4.39. The molecule has 0 radical (unpaired) electrons. The van der Waals surface area contributed by atoms with Crippen LogP contribution in [0.4, 0.5) is 5.69 Å². The normalized spacial score (nSPS) is 11.6. The van der Waals surface area contributed by atoms with Crippen LogP contribution in [0, 0.1) is 6.92 Å². The van der Waals surface area contributed by atoms with Gasteiger partial charge in [-0.2, -0.15) is 0 Å². The van der Waals surface area contributed by atoms with E-state index in [9.17, 15) is 9.59 Å². The first-order valence-electron chi connectivity index (χ1n) is 6.65. The van der Waals surface area contributed by atoms with Crippen molar-refractivity contribution < 1.29 is 14.3 Å². The summed E-state index contributed by atoms with van der Waals surface area (Å²) in [5.74, 6) is -0.986. The van der Waals surface area contributed by atoms with Crippen molar-refractivity contribution in [2.24, 2.45) is 0 Å². The molecule has 1 heterocycles. The van der Waals surface area contributed by atoms with Crippen molar-refractivity contribution >= 4 is 33.5 Å². The van der Waals surface area contributed by atoms with Gasteiger partial charge in [0.25, 0.3) is 5.91 Å². The van der Waals surface area contributed by atoms with E-state index in [4.69, 9.17) is 4.74 Å². The van der Waals surface area contributed by atoms with Gasteiger partial charge >= 0.3 is 5.97 Å². The maximum absolute atomic E-state index is 12.0. The molecule has 0 saturated carbocycles. The second kappa shape index (κ2) is 7.17. The Morgan fingerprint density at radius 3 is 2.55 bits per heavy atom. The van der Waals surface area contributed by atoms with Gasteiger partial charge in [-0.3, -0.25) is 9.78 Å². The lowest BCUT2D eigenvalue weighted by atomic mass is 10.2. The lowest BCUT2D eigenvalue weighted by Crippen LogP contribution is -2.30. The highest BCUT2D eigenvalue weighted by atomic mass is 79.9. The molecular formula is C16H15BrN2O3. The number of halogens is 1. The number of esters is 1. The van der Waals surface area contributed by atoms with Gasteiger partial charge in [-0.1, -0.05) is 17.7 Å². The van der Waals surface area contributed by atoms with Crippen molar-refractivity contribution in [3.05, 3.63) is 58.3 Å². The molecule has 1 atom stereocenters. The molecule has 22 heavy (non-hydrogen) atoms. The zero-order chi connectivity index (χ0) is 16.1. The summed E-state index contributed by atoms with van der Waals surface area (Å²) in [4.78, 5) is 27.8. The topological polar surface area (TPSA) is 68.3 Å². The molecule has 2 aromatic rings. The highest BCUT2D eigenvalue weighted by Crippen LogP contribution is 2.13. The van der Waals surface area contributed by atoms with E-state index in [2.05, 4.69) is 26.2 Å². The lowest BCUT2D eigenvalue weighted by molar-refractivity contribution is -0.123. The van der Waals surface area contributed by atoms with E-state index >= 15 is 0 Å². The van der Waals surface area contributed by atoms with Crippen LogP contribution >= 0.6 is 15.9 Å². The van der Waals surface area contributed by atoms with Gasteiger partial charge in [0.2, 0.25) is 0 Å². The Hall–Kier alpha value is -2.21. The van der Waals surface area contributed by atoms with Crippen molar-refractivity contribution in [1.82, 2.24) is 4.98 Å². The number of ether oxygens (including phenoxy) is 1. The summed E-state index contributed by atoms with van der Waals surface area (Å²) in [5, 5.41) is 2.70. The molecule has 1 aromatic carbocycles. The van der Waals surface area contributed by atoms with Crippen LogP contribution < -0.4 is 5.32 Å². The van der Waals surface area contributed by atoms with Gasteiger partial charge in [-0.15, -0.1) is 0 Å². The van der Waals surface area contributed by atoms with Gasteiger partial charge in [0.05, 0.1) is 5.56 Å². The molecule has 0 fully saturated rings. The zero-order valence-corrected chi connectivity index (χ0v) is 13.8. The fraction of sp³-hybridized carbons (Fsp3) is 0.188. The second-order valence-electron chi connectivity index (χ2n) is 4.79. The predicted octanol–water partition coefficient (Wildman–Crippen LogP) is 3.34. The molecule has 0 unspecified atom stereocenters. The first-order valence-corrected chi connectivity index (χ1v) is 7.44. The first kappa shape index (κ1) is 16.2. The average molecular weight is 363 g/mol. The number of rotatable bonds is 4. The second-order valence-corrected chi connectivity index (χ2v) is 5.71. The molecule has 1 aromatic heterocycles. The fourth-order valence-electron chi connectivity index (χ4n) is 1.69. The number of amides is 1. The molecule has 2 rings (SSSR count). The van der Waals surface area contributed by atoms with E-state index in [0.29, 0.717) is 10.2 Å². The molecule has 0 bridgehead atoms. The Morgan fingerprint density at radius 2 is 1.91 bits per heavy atom. The van der Waals surface area contributed by atoms with Gasteiger partial charge in [-0.25, -0.2) is 4.79 Å². The highest BCUT2D eigenvalue weighted by molar-refractivity contribution is 9.10. The number of benzene rings is 1. The maximum Gasteiger partial charge on any atom is 0.340 e. The molecule has 0 aliphatic carbocycles. The fourth-order valence-corrected chi connectivity index (χ4v) is 2.05. The molecular weight excluding hydrogens is 348 g/mol. The number of carbonyl (C=O) groups excluding carboxylic acids is 2.